The van der Waals surface area contributed by atoms with Crippen molar-refractivity contribution in [3.05, 3.63) is 23.8 Å². The Morgan fingerprint density at radius 1 is 1.37 bits per heavy atom. The van der Waals surface area contributed by atoms with Gasteiger partial charge in [0.2, 0.25) is 5.91 Å². The molecule has 1 unspecified atom stereocenters. The molecule has 0 radical (unpaired) electrons. The Labute approximate surface area is 112 Å². The minimum atomic E-state index is -0.783. The minimum Gasteiger partial charge on any atom is -0.497 e. The van der Waals surface area contributed by atoms with Crippen molar-refractivity contribution in [1.82, 2.24) is 10.6 Å². The number of aliphatic hydroxyl groups excluding tert-OH is 1. The van der Waals surface area contributed by atoms with E-state index in [4.69, 9.17) is 9.47 Å². The molecule has 0 bridgehead atoms. The molecule has 0 aliphatic carbocycles. The number of ether oxygens (including phenoxy) is 2. The lowest BCUT2D eigenvalue weighted by molar-refractivity contribution is -0.119. The van der Waals surface area contributed by atoms with E-state index in [1.54, 1.807) is 32.4 Å². The molecule has 0 fully saturated rings. The molecule has 0 saturated carbocycles. The van der Waals surface area contributed by atoms with Gasteiger partial charge in [0.15, 0.2) is 0 Å². The van der Waals surface area contributed by atoms with Crippen LogP contribution in [-0.2, 0) is 4.79 Å². The molecule has 1 aromatic carbocycles. The van der Waals surface area contributed by atoms with E-state index in [0.29, 0.717) is 17.1 Å². The van der Waals surface area contributed by atoms with E-state index >= 15 is 0 Å². The van der Waals surface area contributed by atoms with Gasteiger partial charge in [-0.1, -0.05) is 0 Å². The molecule has 6 nitrogen and oxygen atoms in total. The number of hydrogen-bond donors (Lipinski definition) is 3. The standard InChI is InChI=1S/C13H20N2O4/c1-14-13(17)8-15-7-11(16)10-6-9(18-2)4-5-12(10)19-3/h4-6,11,15-16H,7-8H2,1-3H3,(H,14,17). The van der Waals surface area contributed by atoms with Crippen molar-refractivity contribution in [2.75, 3.05) is 34.4 Å². The number of amides is 1. The Kier molecular flexibility index (Phi) is 6.11. The van der Waals surface area contributed by atoms with Crippen molar-refractivity contribution in [2.45, 2.75) is 6.10 Å². The van der Waals surface area contributed by atoms with Gasteiger partial charge in [-0.2, -0.15) is 0 Å². The Bertz CT molecular complexity index is 423. The fourth-order valence-electron chi connectivity index (χ4n) is 1.62. The highest BCUT2D eigenvalue weighted by Gasteiger charge is 2.14. The number of methoxy groups -OCH3 is 2. The van der Waals surface area contributed by atoms with E-state index in [9.17, 15) is 9.90 Å². The number of hydrogen-bond acceptors (Lipinski definition) is 5. The predicted molar refractivity (Wildman–Crippen MR) is 71.4 cm³/mol. The van der Waals surface area contributed by atoms with Gasteiger partial charge >= 0.3 is 0 Å². The topological polar surface area (TPSA) is 79.8 Å². The van der Waals surface area contributed by atoms with E-state index in [1.165, 1.54) is 7.11 Å². The average molecular weight is 268 g/mol. The fourth-order valence-corrected chi connectivity index (χ4v) is 1.62. The first-order chi connectivity index (χ1) is 9.12. The number of likely N-dealkylation sites (N-methyl/N-ethyl adjacent to an activating group) is 1. The molecule has 6 heteroatoms. The highest BCUT2D eigenvalue weighted by atomic mass is 16.5. The van der Waals surface area contributed by atoms with Crippen LogP contribution in [0, 0.1) is 0 Å². The lowest BCUT2D eigenvalue weighted by Crippen LogP contribution is -2.33. The summed E-state index contributed by atoms with van der Waals surface area (Å²) in [6, 6.07) is 5.20. The molecule has 0 saturated heterocycles. The highest BCUT2D eigenvalue weighted by Crippen LogP contribution is 2.28. The van der Waals surface area contributed by atoms with Crippen LogP contribution in [0.1, 0.15) is 11.7 Å². The molecule has 19 heavy (non-hydrogen) atoms. The second kappa shape index (κ2) is 7.60. The van der Waals surface area contributed by atoms with Crippen LogP contribution in [0.3, 0.4) is 0 Å². The molecule has 3 N–H and O–H groups in total. The molecule has 1 rings (SSSR count). The van der Waals surface area contributed by atoms with Crippen LogP contribution in [0.2, 0.25) is 0 Å². The van der Waals surface area contributed by atoms with Gasteiger partial charge in [0.05, 0.1) is 26.9 Å². The maximum absolute atomic E-state index is 11.1. The van der Waals surface area contributed by atoms with Gasteiger partial charge in [0.25, 0.3) is 0 Å². The smallest absolute Gasteiger partial charge is 0.233 e. The quantitative estimate of drug-likeness (QED) is 0.652. The molecule has 0 aromatic heterocycles. The SMILES string of the molecule is CNC(=O)CNCC(O)c1cc(OC)ccc1OC. The van der Waals surface area contributed by atoms with Gasteiger partial charge in [-0.05, 0) is 18.2 Å². The zero-order valence-electron chi connectivity index (χ0n) is 11.4. The van der Waals surface area contributed by atoms with Gasteiger partial charge < -0.3 is 25.2 Å². The monoisotopic (exact) mass is 268 g/mol. The molecule has 0 spiro atoms. The molecular weight excluding hydrogens is 248 g/mol. The van der Waals surface area contributed by atoms with Crippen molar-refractivity contribution < 1.29 is 19.4 Å². The summed E-state index contributed by atoms with van der Waals surface area (Å²) >= 11 is 0. The molecule has 1 amide bonds. The maximum atomic E-state index is 11.1. The first-order valence-electron chi connectivity index (χ1n) is 5.93. The molecule has 1 atom stereocenters. The number of carbonyl (C=O) groups excluding carboxylic acids is 1. The molecule has 106 valence electrons. The number of benzene rings is 1. The molecule has 1 aromatic rings. The molecular formula is C13H20N2O4. The molecule has 0 aliphatic rings. The summed E-state index contributed by atoms with van der Waals surface area (Å²) in [5.74, 6) is 1.08. The number of rotatable bonds is 7. The summed E-state index contributed by atoms with van der Waals surface area (Å²) in [4.78, 5) is 11.1. The lowest BCUT2D eigenvalue weighted by Gasteiger charge is -2.16. The van der Waals surface area contributed by atoms with E-state index in [-0.39, 0.29) is 19.0 Å². The van der Waals surface area contributed by atoms with Gasteiger partial charge in [0, 0.05) is 19.2 Å². The molecule has 0 aliphatic heterocycles. The molecule has 0 heterocycles. The summed E-state index contributed by atoms with van der Waals surface area (Å²) in [6.07, 6.45) is -0.783. The van der Waals surface area contributed by atoms with Crippen molar-refractivity contribution in [2.24, 2.45) is 0 Å². The summed E-state index contributed by atoms with van der Waals surface area (Å²) in [7, 11) is 4.66. The van der Waals surface area contributed by atoms with Crippen molar-refractivity contribution >= 4 is 5.91 Å². The summed E-state index contributed by atoms with van der Waals surface area (Å²) in [5, 5.41) is 15.5. The van der Waals surface area contributed by atoms with E-state index in [1.807, 2.05) is 0 Å². The fraction of sp³-hybridized carbons (Fsp3) is 0.462. The second-order valence-electron chi connectivity index (χ2n) is 3.93. The van der Waals surface area contributed by atoms with Crippen LogP contribution in [0.25, 0.3) is 0 Å². The summed E-state index contributed by atoms with van der Waals surface area (Å²) in [5.41, 5.74) is 0.617. The van der Waals surface area contributed by atoms with Crippen LogP contribution >= 0.6 is 0 Å². The first kappa shape index (κ1) is 15.3. The van der Waals surface area contributed by atoms with Gasteiger partial charge in [-0.25, -0.2) is 0 Å². The highest BCUT2D eigenvalue weighted by molar-refractivity contribution is 5.77. The van der Waals surface area contributed by atoms with E-state index in [2.05, 4.69) is 10.6 Å². The lowest BCUT2D eigenvalue weighted by atomic mass is 10.1. The van der Waals surface area contributed by atoms with Gasteiger partial charge in [-0.15, -0.1) is 0 Å². The summed E-state index contributed by atoms with van der Waals surface area (Å²) in [6.45, 7) is 0.400. The van der Waals surface area contributed by atoms with Crippen LogP contribution in [0.5, 0.6) is 11.5 Å². The van der Waals surface area contributed by atoms with Crippen LogP contribution < -0.4 is 20.1 Å². The third-order valence-corrected chi connectivity index (χ3v) is 2.70. The number of nitrogens with one attached hydrogen (secondary N) is 2. The minimum absolute atomic E-state index is 0.134. The van der Waals surface area contributed by atoms with Crippen LogP contribution in [0.4, 0.5) is 0 Å². The van der Waals surface area contributed by atoms with E-state index < -0.39 is 6.10 Å². The Morgan fingerprint density at radius 2 is 2.11 bits per heavy atom. The Balaban J connectivity index is 2.69. The zero-order valence-corrected chi connectivity index (χ0v) is 11.4. The van der Waals surface area contributed by atoms with Crippen molar-refractivity contribution in [3.63, 3.8) is 0 Å². The number of carbonyl (C=O) groups is 1. The number of aliphatic hydroxyl groups is 1. The maximum Gasteiger partial charge on any atom is 0.233 e. The predicted octanol–water partition coefficient (Wildman–Crippen LogP) is 0.0728. The largest absolute Gasteiger partial charge is 0.497 e. The van der Waals surface area contributed by atoms with E-state index in [0.717, 1.165) is 0 Å². The van der Waals surface area contributed by atoms with Crippen molar-refractivity contribution in [3.8, 4) is 11.5 Å². The first-order valence-corrected chi connectivity index (χ1v) is 5.93. The van der Waals surface area contributed by atoms with Gasteiger partial charge in [0.1, 0.15) is 11.5 Å². The Hall–Kier alpha value is -1.79. The van der Waals surface area contributed by atoms with Crippen LogP contribution in [0.15, 0.2) is 18.2 Å². The second-order valence-corrected chi connectivity index (χ2v) is 3.93. The van der Waals surface area contributed by atoms with Crippen LogP contribution in [-0.4, -0.2) is 45.4 Å². The third kappa shape index (κ3) is 4.42. The Morgan fingerprint density at radius 3 is 2.68 bits per heavy atom. The third-order valence-electron chi connectivity index (χ3n) is 2.70. The normalized spacial score (nSPS) is 11.8. The van der Waals surface area contributed by atoms with Gasteiger partial charge in [-0.3, -0.25) is 4.79 Å². The van der Waals surface area contributed by atoms with Crippen molar-refractivity contribution in [1.29, 1.82) is 0 Å². The zero-order chi connectivity index (χ0) is 14.3. The average Bonchev–Trinajstić information content (AvgIpc) is 2.45. The summed E-state index contributed by atoms with van der Waals surface area (Å²) < 4.78 is 10.3.